The first-order valence-electron chi connectivity index (χ1n) is 6.48. The summed E-state index contributed by atoms with van der Waals surface area (Å²) in [7, 11) is 0. The van der Waals surface area contributed by atoms with Gasteiger partial charge < -0.3 is 10.1 Å². The lowest BCUT2D eigenvalue weighted by Crippen LogP contribution is -2.43. The van der Waals surface area contributed by atoms with E-state index in [0.29, 0.717) is 12.3 Å². The van der Waals surface area contributed by atoms with E-state index in [2.05, 4.69) is 10.3 Å². The molecule has 2 heterocycles. The maximum atomic E-state index is 11.9. The summed E-state index contributed by atoms with van der Waals surface area (Å²) in [6.07, 6.45) is 1.88. The number of carbonyl (C=O) groups is 1. The largest absolute Gasteiger partial charge is 0.379 e. The third kappa shape index (κ3) is 3.64. The Hall–Kier alpha value is -1.69. The zero-order chi connectivity index (χ0) is 13.8. The SMILES string of the molecule is Cc1cc(C)n(CC(=O)N[C@H]2CCCOC2)c(=O)n1. The Morgan fingerprint density at radius 2 is 2.37 bits per heavy atom. The van der Waals surface area contributed by atoms with Crippen LogP contribution in [0, 0.1) is 13.8 Å². The van der Waals surface area contributed by atoms with E-state index in [1.165, 1.54) is 4.57 Å². The molecule has 1 aliphatic heterocycles. The van der Waals surface area contributed by atoms with Crippen molar-refractivity contribution in [3.05, 3.63) is 27.9 Å². The lowest BCUT2D eigenvalue weighted by Gasteiger charge is -2.23. The monoisotopic (exact) mass is 265 g/mol. The first-order chi connectivity index (χ1) is 9.06. The van der Waals surface area contributed by atoms with Gasteiger partial charge in [-0.1, -0.05) is 0 Å². The zero-order valence-corrected chi connectivity index (χ0v) is 11.3. The van der Waals surface area contributed by atoms with Crippen molar-refractivity contribution in [3.63, 3.8) is 0 Å². The number of nitrogens with zero attached hydrogens (tertiary/aromatic N) is 2. The van der Waals surface area contributed by atoms with Gasteiger partial charge in [-0.3, -0.25) is 9.36 Å². The number of aryl methyl sites for hydroxylation is 2. The molecule has 0 aromatic carbocycles. The molecular weight excluding hydrogens is 246 g/mol. The van der Waals surface area contributed by atoms with Crippen LogP contribution in [0.25, 0.3) is 0 Å². The van der Waals surface area contributed by atoms with E-state index in [1.807, 2.05) is 0 Å². The van der Waals surface area contributed by atoms with Crippen LogP contribution < -0.4 is 11.0 Å². The molecule has 0 aliphatic carbocycles. The van der Waals surface area contributed by atoms with Crippen LogP contribution in [0.1, 0.15) is 24.2 Å². The van der Waals surface area contributed by atoms with Crippen molar-refractivity contribution in [1.29, 1.82) is 0 Å². The molecule has 0 radical (unpaired) electrons. The highest BCUT2D eigenvalue weighted by Crippen LogP contribution is 2.05. The summed E-state index contributed by atoms with van der Waals surface area (Å²) >= 11 is 0. The number of nitrogens with one attached hydrogen (secondary N) is 1. The smallest absolute Gasteiger partial charge is 0.348 e. The Morgan fingerprint density at radius 3 is 3.00 bits per heavy atom. The van der Waals surface area contributed by atoms with Crippen LogP contribution in [0.15, 0.2) is 10.9 Å². The van der Waals surface area contributed by atoms with Crippen LogP contribution in [-0.4, -0.2) is 34.7 Å². The normalized spacial score (nSPS) is 19.2. The zero-order valence-electron chi connectivity index (χ0n) is 11.3. The van der Waals surface area contributed by atoms with Gasteiger partial charge in [-0.15, -0.1) is 0 Å². The van der Waals surface area contributed by atoms with Crippen molar-refractivity contribution < 1.29 is 9.53 Å². The summed E-state index contributed by atoms with van der Waals surface area (Å²) in [5.74, 6) is -0.175. The summed E-state index contributed by atoms with van der Waals surface area (Å²) in [6, 6.07) is 1.84. The molecule has 1 aromatic heterocycles. The van der Waals surface area contributed by atoms with Crippen molar-refractivity contribution in [1.82, 2.24) is 14.9 Å². The van der Waals surface area contributed by atoms with Crippen molar-refractivity contribution >= 4 is 5.91 Å². The molecule has 1 aromatic rings. The summed E-state index contributed by atoms with van der Waals surface area (Å²) in [4.78, 5) is 27.5. The van der Waals surface area contributed by atoms with Gasteiger partial charge >= 0.3 is 5.69 Å². The number of rotatable bonds is 3. The Balaban J connectivity index is 2.00. The van der Waals surface area contributed by atoms with Crippen LogP contribution in [0.2, 0.25) is 0 Å². The van der Waals surface area contributed by atoms with Gasteiger partial charge in [0.05, 0.1) is 12.6 Å². The second-order valence-electron chi connectivity index (χ2n) is 4.89. The third-order valence-corrected chi connectivity index (χ3v) is 3.17. The molecule has 0 saturated carbocycles. The van der Waals surface area contributed by atoms with Crippen LogP contribution in [0.4, 0.5) is 0 Å². The van der Waals surface area contributed by atoms with E-state index < -0.39 is 0 Å². The van der Waals surface area contributed by atoms with Gasteiger partial charge in [0, 0.05) is 18.0 Å². The Morgan fingerprint density at radius 1 is 1.58 bits per heavy atom. The number of amides is 1. The maximum Gasteiger partial charge on any atom is 0.348 e. The number of hydrogen-bond acceptors (Lipinski definition) is 4. The Labute approximate surface area is 111 Å². The topological polar surface area (TPSA) is 73.2 Å². The highest BCUT2D eigenvalue weighted by atomic mass is 16.5. The van der Waals surface area contributed by atoms with Gasteiger partial charge in [0.25, 0.3) is 0 Å². The van der Waals surface area contributed by atoms with Crippen molar-refractivity contribution in [2.24, 2.45) is 0 Å². The molecule has 2 rings (SSSR count). The first-order valence-corrected chi connectivity index (χ1v) is 6.48. The number of aromatic nitrogens is 2. The van der Waals surface area contributed by atoms with Crippen LogP contribution >= 0.6 is 0 Å². The molecule has 1 atom stereocenters. The molecule has 1 saturated heterocycles. The van der Waals surface area contributed by atoms with Crippen LogP contribution in [0.3, 0.4) is 0 Å². The molecule has 0 unspecified atom stereocenters. The lowest BCUT2D eigenvalue weighted by molar-refractivity contribution is -0.123. The highest BCUT2D eigenvalue weighted by molar-refractivity contribution is 5.76. The fourth-order valence-corrected chi connectivity index (χ4v) is 2.24. The molecule has 104 valence electrons. The quantitative estimate of drug-likeness (QED) is 0.844. The number of carbonyl (C=O) groups excluding carboxylic acids is 1. The maximum absolute atomic E-state index is 11.9. The molecule has 1 fully saturated rings. The molecule has 0 bridgehead atoms. The highest BCUT2D eigenvalue weighted by Gasteiger charge is 2.17. The lowest BCUT2D eigenvalue weighted by atomic mass is 10.1. The minimum absolute atomic E-state index is 0.00838. The van der Waals surface area contributed by atoms with Crippen LogP contribution in [0.5, 0.6) is 0 Å². The second-order valence-corrected chi connectivity index (χ2v) is 4.89. The average Bonchev–Trinajstić information content (AvgIpc) is 2.35. The van der Waals surface area contributed by atoms with E-state index >= 15 is 0 Å². The van der Waals surface area contributed by atoms with Crippen molar-refractivity contribution in [3.8, 4) is 0 Å². The van der Waals surface area contributed by atoms with E-state index in [0.717, 1.165) is 25.1 Å². The Kier molecular flexibility index (Phi) is 4.31. The van der Waals surface area contributed by atoms with E-state index in [4.69, 9.17) is 4.74 Å². The molecule has 6 nitrogen and oxygen atoms in total. The van der Waals surface area contributed by atoms with E-state index in [1.54, 1.807) is 19.9 Å². The molecule has 1 amide bonds. The fourth-order valence-electron chi connectivity index (χ4n) is 2.24. The molecular formula is C13H19N3O3. The van der Waals surface area contributed by atoms with Crippen molar-refractivity contribution in [2.75, 3.05) is 13.2 Å². The van der Waals surface area contributed by atoms with E-state index in [9.17, 15) is 9.59 Å². The summed E-state index contributed by atoms with van der Waals surface area (Å²) in [5, 5.41) is 2.88. The predicted molar refractivity (Wildman–Crippen MR) is 70.0 cm³/mol. The second kappa shape index (κ2) is 5.97. The van der Waals surface area contributed by atoms with Gasteiger partial charge in [0.2, 0.25) is 5.91 Å². The van der Waals surface area contributed by atoms with Gasteiger partial charge in [-0.25, -0.2) is 4.79 Å². The van der Waals surface area contributed by atoms with Gasteiger partial charge in [0.15, 0.2) is 0 Å². The van der Waals surface area contributed by atoms with Gasteiger partial charge in [-0.05, 0) is 32.8 Å². The standard InChI is InChI=1S/C13H19N3O3/c1-9-6-10(2)16(13(18)14-9)7-12(17)15-11-4-3-5-19-8-11/h6,11H,3-5,7-8H2,1-2H3,(H,15,17)/t11-/m0/s1. The molecule has 6 heteroatoms. The predicted octanol–water partition coefficient (Wildman–Crippen LogP) is 0.155. The Bertz CT molecular complexity index is 518. The van der Waals surface area contributed by atoms with Crippen LogP contribution in [-0.2, 0) is 16.1 Å². The van der Waals surface area contributed by atoms with Gasteiger partial charge in [0.1, 0.15) is 6.54 Å². The minimum Gasteiger partial charge on any atom is -0.379 e. The first kappa shape index (κ1) is 13.7. The molecule has 1 aliphatic rings. The minimum atomic E-state index is -0.382. The van der Waals surface area contributed by atoms with E-state index in [-0.39, 0.29) is 24.2 Å². The third-order valence-electron chi connectivity index (χ3n) is 3.17. The summed E-state index contributed by atoms with van der Waals surface area (Å²) in [5.41, 5.74) is 1.03. The fraction of sp³-hybridized carbons (Fsp3) is 0.615. The summed E-state index contributed by atoms with van der Waals surface area (Å²) in [6.45, 7) is 4.87. The average molecular weight is 265 g/mol. The van der Waals surface area contributed by atoms with Gasteiger partial charge in [-0.2, -0.15) is 4.98 Å². The summed E-state index contributed by atoms with van der Waals surface area (Å²) < 4.78 is 6.68. The van der Waals surface area contributed by atoms with Crippen molar-refractivity contribution in [2.45, 2.75) is 39.3 Å². The molecule has 19 heavy (non-hydrogen) atoms. The molecule has 1 N–H and O–H groups in total. The number of hydrogen-bond donors (Lipinski definition) is 1. The number of ether oxygens (including phenoxy) is 1. The molecule has 0 spiro atoms.